The van der Waals surface area contributed by atoms with Gasteiger partial charge < -0.3 is 9.84 Å². The van der Waals surface area contributed by atoms with E-state index in [1.165, 1.54) is 5.56 Å². The second kappa shape index (κ2) is 6.86. The molecule has 2 aromatic carbocycles. The molecule has 0 spiro atoms. The van der Waals surface area contributed by atoms with Gasteiger partial charge in [0.15, 0.2) is 6.10 Å². The predicted molar refractivity (Wildman–Crippen MR) is 92.3 cm³/mol. The average molecular weight is 312 g/mol. The van der Waals surface area contributed by atoms with E-state index >= 15 is 0 Å². The Labute approximate surface area is 137 Å². The normalized spacial score (nSPS) is 12.0. The Balaban J connectivity index is 2.26. The molecular formula is C20H24O3. The summed E-state index contributed by atoms with van der Waals surface area (Å²) in [4.78, 5) is 11.6. The fraction of sp³-hybridized carbons (Fsp3) is 0.350. The van der Waals surface area contributed by atoms with Gasteiger partial charge >= 0.3 is 5.97 Å². The molecule has 0 aliphatic carbocycles. The maximum absolute atomic E-state index is 11.6. The van der Waals surface area contributed by atoms with Crippen molar-refractivity contribution in [3.05, 3.63) is 63.7 Å². The van der Waals surface area contributed by atoms with Gasteiger partial charge in [0.2, 0.25) is 0 Å². The zero-order chi connectivity index (χ0) is 17.1. The van der Waals surface area contributed by atoms with E-state index in [4.69, 9.17) is 4.74 Å². The first kappa shape index (κ1) is 17.1. The molecule has 0 fully saturated rings. The molecule has 0 unspecified atom stereocenters. The van der Waals surface area contributed by atoms with Crippen LogP contribution in [0.4, 0.5) is 0 Å². The molecule has 0 saturated carbocycles. The van der Waals surface area contributed by atoms with E-state index in [-0.39, 0.29) is 0 Å². The predicted octanol–water partition coefficient (Wildman–Crippen LogP) is 4.30. The van der Waals surface area contributed by atoms with E-state index in [0.29, 0.717) is 12.2 Å². The number of carboxylic acid groups (broad SMARTS) is 1. The van der Waals surface area contributed by atoms with Gasteiger partial charge in [-0.2, -0.15) is 0 Å². The molecule has 1 atom stereocenters. The highest BCUT2D eigenvalue weighted by Crippen LogP contribution is 2.22. The smallest absolute Gasteiger partial charge is 0.345 e. The Hall–Kier alpha value is -2.29. The SMILES string of the molecule is Cc1cc(C)c(C[C@@H](Oc2ccc(C)c(C)c2)C(=O)O)c(C)c1. The van der Waals surface area contributed by atoms with Gasteiger partial charge in [0, 0.05) is 6.42 Å². The largest absolute Gasteiger partial charge is 0.478 e. The van der Waals surface area contributed by atoms with Crippen molar-refractivity contribution >= 4 is 5.97 Å². The van der Waals surface area contributed by atoms with Crippen LogP contribution in [0.1, 0.15) is 33.4 Å². The molecular weight excluding hydrogens is 288 g/mol. The van der Waals surface area contributed by atoms with Crippen LogP contribution >= 0.6 is 0 Å². The summed E-state index contributed by atoms with van der Waals surface area (Å²) >= 11 is 0. The average Bonchev–Trinajstić information content (AvgIpc) is 2.45. The van der Waals surface area contributed by atoms with E-state index in [1.807, 2.05) is 52.8 Å². The van der Waals surface area contributed by atoms with E-state index in [1.54, 1.807) is 0 Å². The lowest BCUT2D eigenvalue weighted by Crippen LogP contribution is -2.30. The van der Waals surface area contributed by atoms with Crippen LogP contribution in [0, 0.1) is 34.6 Å². The number of carboxylic acids is 1. The summed E-state index contributed by atoms with van der Waals surface area (Å²) in [5, 5.41) is 9.53. The molecule has 0 heterocycles. The maximum Gasteiger partial charge on any atom is 0.345 e. The van der Waals surface area contributed by atoms with E-state index in [9.17, 15) is 9.90 Å². The molecule has 0 amide bonds. The number of benzene rings is 2. The summed E-state index contributed by atoms with van der Waals surface area (Å²) < 4.78 is 5.76. The number of ether oxygens (including phenoxy) is 1. The quantitative estimate of drug-likeness (QED) is 0.895. The summed E-state index contributed by atoms with van der Waals surface area (Å²) in [6.07, 6.45) is -0.530. The van der Waals surface area contributed by atoms with Crippen LogP contribution in [-0.4, -0.2) is 17.2 Å². The lowest BCUT2D eigenvalue weighted by atomic mass is 9.95. The molecule has 0 bridgehead atoms. The fourth-order valence-electron chi connectivity index (χ4n) is 2.85. The Bertz CT molecular complexity index is 709. The van der Waals surface area contributed by atoms with Crippen molar-refractivity contribution in [2.45, 2.75) is 47.1 Å². The van der Waals surface area contributed by atoms with Crippen molar-refractivity contribution < 1.29 is 14.6 Å². The lowest BCUT2D eigenvalue weighted by Gasteiger charge is -2.19. The number of carbonyl (C=O) groups is 1. The van der Waals surface area contributed by atoms with Crippen LogP contribution in [0.2, 0.25) is 0 Å². The number of aryl methyl sites for hydroxylation is 5. The van der Waals surface area contributed by atoms with Gasteiger partial charge in [0.1, 0.15) is 5.75 Å². The maximum atomic E-state index is 11.6. The van der Waals surface area contributed by atoms with Gasteiger partial charge in [-0.3, -0.25) is 0 Å². The minimum absolute atomic E-state index is 0.361. The highest BCUT2D eigenvalue weighted by molar-refractivity contribution is 5.73. The van der Waals surface area contributed by atoms with Crippen LogP contribution in [0.3, 0.4) is 0 Å². The van der Waals surface area contributed by atoms with Crippen molar-refractivity contribution in [3.63, 3.8) is 0 Å². The molecule has 2 rings (SSSR count). The summed E-state index contributed by atoms with van der Waals surface area (Å²) in [6, 6.07) is 9.83. The summed E-state index contributed by atoms with van der Waals surface area (Å²) in [5.41, 5.74) is 6.70. The summed E-state index contributed by atoms with van der Waals surface area (Å²) in [6.45, 7) is 10.1. The summed E-state index contributed by atoms with van der Waals surface area (Å²) in [5.74, 6) is -0.342. The van der Waals surface area contributed by atoms with Gasteiger partial charge in [0.25, 0.3) is 0 Å². The van der Waals surface area contributed by atoms with Crippen molar-refractivity contribution in [3.8, 4) is 5.75 Å². The topological polar surface area (TPSA) is 46.5 Å². The number of hydrogen-bond donors (Lipinski definition) is 1. The molecule has 1 N–H and O–H groups in total. The van der Waals surface area contributed by atoms with E-state index in [2.05, 4.69) is 12.1 Å². The van der Waals surface area contributed by atoms with Crippen molar-refractivity contribution in [2.24, 2.45) is 0 Å². The zero-order valence-electron chi connectivity index (χ0n) is 14.4. The molecule has 0 saturated heterocycles. The van der Waals surface area contributed by atoms with Gasteiger partial charge in [-0.05, 0) is 74.6 Å². The molecule has 3 nitrogen and oxygen atoms in total. The molecule has 0 aliphatic heterocycles. The Morgan fingerprint density at radius 3 is 2.09 bits per heavy atom. The second-order valence-electron chi connectivity index (χ2n) is 6.27. The van der Waals surface area contributed by atoms with Crippen LogP contribution in [0.15, 0.2) is 30.3 Å². The van der Waals surface area contributed by atoms with Crippen molar-refractivity contribution in [2.75, 3.05) is 0 Å². The number of aliphatic carboxylic acids is 1. The third kappa shape index (κ3) is 4.13. The highest BCUT2D eigenvalue weighted by Gasteiger charge is 2.22. The van der Waals surface area contributed by atoms with Crippen LogP contribution < -0.4 is 4.74 Å². The fourth-order valence-corrected chi connectivity index (χ4v) is 2.85. The molecule has 23 heavy (non-hydrogen) atoms. The van der Waals surface area contributed by atoms with Crippen LogP contribution in [0.5, 0.6) is 5.75 Å². The number of hydrogen-bond acceptors (Lipinski definition) is 2. The van der Waals surface area contributed by atoms with Crippen LogP contribution in [-0.2, 0) is 11.2 Å². The third-order valence-electron chi connectivity index (χ3n) is 4.26. The Morgan fingerprint density at radius 2 is 1.57 bits per heavy atom. The van der Waals surface area contributed by atoms with Gasteiger partial charge in [-0.25, -0.2) is 4.79 Å². The molecule has 3 heteroatoms. The minimum atomic E-state index is -0.942. The summed E-state index contributed by atoms with van der Waals surface area (Å²) in [7, 11) is 0. The first-order chi connectivity index (χ1) is 10.8. The molecule has 122 valence electrons. The first-order valence-corrected chi connectivity index (χ1v) is 7.81. The van der Waals surface area contributed by atoms with E-state index < -0.39 is 12.1 Å². The van der Waals surface area contributed by atoms with Gasteiger partial charge in [0.05, 0.1) is 0 Å². The lowest BCUT2D eigenvalue weighted by molar-refractivity contribution is -0.145. The molecule has 0 aromatic heterocycles. The highest BCUT2D eigenvalue weighted by atomic mass is 16.5. The third-order valence-corrected chi connectivity index (χ3v) is 4.26. The Kier molecular flexibility index (Phi) is 5.09. The first-order valence-electron chi connectivity index (χ1n) is 7.81. The van der Waals surface area contributed by atoms with Crippen LogP contribution in [0.25, 0.3) is 0 Å². The minimum Gasteiger partial charge on any atom is -0.478 e. The zero-order valence-corrected chi connectivity index (χ0v) is 14.4. The molecule has 0 radical (unpaired) electrons. The number of rotatable bonds is 5. The standard InChI is InChI=1S/C20H24O3/c1-12-8-15(4)18(16(5)9-12)11-19(20(21)22)23-17-7-6-13(2)14(3)10-17/h6-10,19H,11H2,1-5H3,(H,21,22)/t19-/m1/s1. The van der Waals surface area contributed by atoms with E-state index in [0.717, 1.165) is 27.8 Å². The molecule has 2 aromatic rings. The Morgan fingerprint density at radius 1 is 0.957 bits per heavy atom. The monoisotopic (exact) mass is 312 g/mol. The van der Waals surface area contributed by atoms with Gasteiger partial charge in [-0.1, -0.05) is 23.8 Å². The second-order valence-corrected chi connectivity index (χ2v) is 6.27. The van der Waals surface area contributed by atoms with Gasteiger partial charge in [-0.15, -0.1) is 0 Å². The van der Waals surface area contributed by atoms with Crippen molar-refractivity contribution in [1.29, 1.82) is 0 Å². The van der Waals surface area contributed by atoms with Crippen molar-refractivity contribution in [1.82, 2.24) is 0 Å². The molecule has 0 aliphatic rings.